The van der Waals surface area contributed by atoms with Gasteiger partial charge in [-0.15, -0.1) is 0 Å². The second kappa shape index (κ2) is 5.66. The van der Waals surface area contributed by atoms with Gasteiger partial charge in [-0.1, -0.05) is 30.3 Å². The Morgan fingerprint density at radius 1 is 1.05 bits per heavy atom. The van der Waals surface area contributed by atoms with Gasteiger partial charge in [0.25, 0.3) is 0 Å². The first-order chi connectivity index (χ1) is 9.93. The van der Waals surface area contributed by atoms with Crippen LogP contribution in [0.5, 0.6) is 5.75 Å². The first-order valence-corrected chi connectivity index (χ1v) is 6.34. The number of carbonyl (C=O) groups excluding carboxylic acids is 1. The molecule has 0 saturated carbocycles. The summed E-state index contributed by atoms with van der Waals surface area (Å²) in [6.45, 7) is 1.30. The Hall–Kier alpha value is -2.82. The normalized spacial score (nSPS) is 13.2. The molecule has 0 saturated heterocycles. The van der Waals surface area contributed by atoms with E-state index in [4.69, 9.17) is 0 Å². The number of para-hydroxylation sites is 1. The topological polar surface area (TPSA) is 86.6 Å². The first kappa shape index (κ1) is 14.6. The van der Waals surface area contributed by atoms with E-state index in [1.807, 2.05) is 0 Å². The van der Waals surface area contributed by atoms with Crippen molar-refractivity contribution in [2.45, 2.75) is 12.5 Å². The van der Waals surface area contributed by atoms with Crippen LogP contribution in [0.25, 0.3) is 0 Å². The van der Waals surface area contributed by atoms with Crippen molar-refractivity contribution in [1.82, 2.24) is 0 Å². The molecule has 3 N–H and O–H groups in total. The number of hydrogen-bond donors (Lipinski definition) is 3. The number of benzene rings is 2. The molecule has 0 radical (unpaired) electrons. The minimum absolute atomic E-state index is 0.0895. The Morgan fingerprint density at radius 3 is 2.29 bits per heavy atom. The maximum Gasteiger partial charge on any atom is 0.337 e. The lowest BCUT2D eigenvalue weighted by Gasteiger charge is -2.26. The van der Waals surface area contributed by atoms with E-state index in [1.165, 1.54) is 31.2 Å². The number of ketones is 1. The number of phenols is 1. The first-order valence-electron chi connectivity index (χ1n) is 6.34. The van der Waals surface area contributed by atoms with E-state index in [-0.39, 0.29) is 11.3 Å². The fourth-order valence-electron chi connectivity index (χ4n) is 1.95. The van der Waals surface area contributed by atoms with Crippen LogP contribution in [0.15, 0.2) is 54.6 Å². The van der Waals surface area contributed by atoms with E-state index in [1.54, 1.807) is 30.3 Å². The Bertz CT molecular complexity index is 669. The summed E-state index contributed by atoms with van der Waals surface area (Å²) >= 11 is 0. The van der Waals surface area contributed by atoms with Crippen molar-refractivity contribution in [1.29, 1.82) is 0 Å². The van der Waals surface area contributed by atoms with Crippen molar-refractivity contribution in [2.75, 3.05) is 5.32 Å². The van der Waals surface area contributed by atoms with Gasteiger partial charge in [0.2, 0.25) is 0 Å². The average Bonchev–Trinajstić information content (AvgIpc) is 2.47. The third kappa shape index (κ3) is 3.02. The molecule has 0 amide bonds. The molecular weight excluding hydrogens is 270 g/mol. The summed E-state index contributed by atoms with van der Waals surface area (Å²) in [5, 5.41) is 21.6. The van der Waals surface area contributed by atoms with Crippen molar-refractivity contribution in [2.24, 2.45) is 0 Å². The number of carboxylic acid groups (broad SMARTS) is 1. The highest BCUT2D eigenvalue weighted by Gasteiger charge is 2.41. The van der Waals surface area contributed by atoms with Crippen LogP contribution in [0.4, 0.5) is 5.69 Å². The molecule has 2 aromatic carbocycles. The molecule has 0 aromatic heterocycles. The van der Waals surface area contributed by atoms with Crippen molar-refractivity contribution >= 4 is 17.4 Å². The van der Waals surface area contributed by atoms with E-state index < -0.39 is 17.3 Å². The quantitative estimate of drug-likeness (QED) is 0.580. The molecule has 0 spiro atoms. The number of phenolic OH excluding ortho intramolecular Hbond substituents is 1. The highest BCUT2D eigenvalue weighted by atomic mass is 16.4. The molecule has 0 aliphatic carbocycles. The standard InChI is InChI=1S/C16H15NO4/c1-16(15(20)21,17-12-7-3-2-4-8-12)14(19)11-6-5-9-13(18)10-11/h2-10,17-18H,1H3,(H,20,21). The molecule has 2 rings (SSSR count). The van der Waals surface area contributed by atoms with Crippen LogP contribution < -0.4 is 5.32 Å². The fourth-order valence-corrected chi connectivity index (χ4v) is 1.95. The van der Waals surface area contributed by atoms with Crippen LogP contribution in [-0.2, 0) is 4.79 Å². The Balaban J connectivity index is 2.38. The molecule has 0 heterocycles. The Kier molecular flexibility index (Phi) is 3.93. The smallest absolute Gasteiger partial charge is 0.337 e. The predicted molar refractivity (Wildman–Crippen MR) is 78.5 cm³/mol. The van der Waals surface area contributed by atoms with Crippen LogP contribution in [-0.4, -0.2) is 27.5 Å². The zero-order valence-electron chi connectivity index (χ0n) is 11.4. The zero-order chi connectivity index (χ0) is 15.5. The maximum absolute atomic E-state index is 12.5. The summed E-state index contributed by atoms with van der Waals surface area (Å²) in [5.41, 5.74) is -1.17. The summed E-state index contributed by atoms with van der Waals surface area (Å²) in [6, 6.07) is 14.3. The van der Waals surface area contributed by atoms with Gasteiger partial charge in [-0.3, -0.25) is 4.79 Å². The van der Waals surface area contributed by atoms with Gasteiger partial charge in [0.05, 0.1) is 0 Å². The second-order valence-corrected chi connectivity index (χ2v) is 4.80. The van der Waals surface area contributed by atoms with Crippen molar-refractivity contribution < 1.29 is 19.8 Å². The molecular formula is C16H15NO4. The summed E-state index contributed by atoms with van der Waals surface area (Å²) < 4.78 is 0. The minimum Gasteiger partial charge on any atom is -0.508 e. The number of anilines is 1. The molecule has 108 valence electrons. The molecule has 1 unspecified atom stereocenters. The monoisotopic (exact) mass is 285 g/mol. The molecule has 5 heteroatoms. The van der Waals surface area contributed by atoms with Crippen LogP contribution in [0.2, 0.25) is 0 Å². The van der Waals surface area contributed by atoms with Gasteiger partial charge >= 0.3 is 5.97 Å². The number of carbonyl (C=O) groups is 2. The van der Waals surface area contributed by atoms with Gasteiger partial charge in [0.15, 0.2) is 11.3 Å². The van der Waals surface area contributed by atoms with E-state index >= 15 is 0 Å². The van der Waals surface area contributed by atoms with Crippen LogP contribution in [0.3, 0.4) is 0 Å². The maximum atomic E-state index is 12.5. The SMILES string of the molecule is CC(Nc1ccccc1)(C(=O)O)C(=O)c1cccc(O)c1. The summed E-state index contributed by atoms with van der Waals surface area (Å²) in [4.78, 5) is 24.1. The molecule has 0 aliphatic heterocycles. The molecule has 0 bridgehead atoms. The van der Waals surface area contributed by atoms with Crippen LogP contribution in [0, 0.1) is 0 Å². The lowest BCUT2D eigenvalue weighted by atomic mass is 9.90. The molecule has 5 nitrogen and oxygen atoms in total. The van der Waals surface area contributed by atoms with Gasteiger partial charge in [-0.05, 0) is 31.2 Å². The van der Waals surface area contributed by atoms with Gasteiger partial charge < -0.3 is 15.5 Å². The third-order valence-corrected chi connectivity index (χ3v) is 3.16. The lowest BCUT2D eigenvalue weighted by Crippen LogP contribution is -2.50. The van der Waals surface area contributed by atoms with Crippen molar-refractivity contribution in [3.63, 3.8) is 0 Å². The Labute approximate surface area is 121 Å². The second-order valence-electron chi connectivity index (χ2n) is 4.80. The summed E-state index contributed by atoms with van der Waals surface area (Å²) in [6.07, 6.45) is 0. The summed E-state index contributed by atoms with van der Waals surface area (Å²) in [5.74, 6) is -2.01. The molecule has 1 atom stereocenters. The fraction of sp³-hybridized carbons (Fsp3) is 0.125. The Morgan fingerprint density at radius 2 is 1.71 bits per heavy atom. The summed E-state index contributed by atoms with van der Waals surface area (Å²) in [7, 11) is 0. The molecule has 0 fully saturated rings. The van der Waals surface area contributed by atoms with Crippen LogP contribution >= 0.6 is 0 Å². The number of aromatic hydroxyl groups is 1. The van der Waals surface area contributed by atoms with Crippen molar-refractivity contribution in [3.8, 4) is 5.75 Å². The number of nitrogens with one attached hydrogen (secondary N) is 1. The highest BCUT2D eigenvalue weighted by molar-refractivity contribution is 6.17. The van der Waals surface area contributed by atoms with E-state index in [9.17, 15) is 19.8 Å². The number of aliphatic carboxylic acids is 1. The van der Waals surface area contributed by atoms with E-state index in [2.05, 4.69) is 5.32 Å². The van der Waals surface area contributed by atoms with E-state index in [0.717, 1.165) is 0 Å². The molecule has 2 aromatic rings. The largest absolute Gasteiger partial charge is 0.508 e. The van der Waals surface area contributed by atoms with Crippen LogP contribution in [0.1, 0.15) is 17.3 Å². The number of hydrogen-bond acceptors (Lipinski definition) is 4. The van der Waals surface area contributed by atoms with Gasteiger partial charge in [0.1, 0.15) is 5.75 Å². The third-order valence-electron chi connectivity index (χ3n) is 3.16. The minimum atomic E-state index is -1.82. The zero-order valence-corrected chi connectivity index (χ0v) is 11.4. The highest BCUT2D eigenvalue weighted by Crippen LogP contribution is 2.22. The van der Waals surface area contributed by atoms with Crippen molar-refractivity contribution in [3.05, 3.63) is 60.2 Å². The predicted octanol–water partition coefficient (Wildman–Crippen LogP) is 2.53. The van der Waals surface area contributed by atoms with Gasteiger partial charge in [0, 0.05) is 11.3 Å². The molecule has 21 heavy (non-hydrogen) atoms. The average molecular weight is 285 g/mol. The molecule has 0 aliphatic rings. The van der Waals surface area contributed by atoms with Gasteiger partial charge in [-0.25, -0.2) is 4.79 Å². The lowest BCUT2D eigenvalue weighted by molar-refractivity contribution is -0.139. The van der Waals surface area contributed by atoms with E-state index in [0.29, 0.717) is 5.69 Å². The number of carboxylic acids is 1. The van der Waals surface area contributed by atoms with Gasteiger partial charge in [-0.2, -0.15) is 0 Å². The number of rotatable bonds is 5. The number of Topliss-reactive ketones (excluding diaryl/α,β-unsaturated/α-hetero) is 1.